The van der Waals surface area contributed by atoms with Crippen molar-refractivity contribution in [2.45, 2.75) is 56.1 Å². The van der Waals surface area contributed by atoms with Crippen LogP contribution in [0, 0.1) is 0 Å². The standard InChI is InChI=1S/C31H36ClN3O6S/c1-22(31(37)33-25-9-7-8-10-25)34(20-23-13-16-26(40-2)17-14-23)30(36)21-35(28-19-24(32)15-18-29(28)41-3)42(38,39)27-11-5-4-6-12-27/h4-6,11-19,22,25H,7-10,20-21H2,1-3H3,(H,33,37). The Balaban J connectivity index is 1.72. The summed E-state index contributed by atoms with van der Waals surface area (Å²) in [6.45, 7) is 1.14. The van der Waals surface area contributed by atoms with Crippen molar-refractivity contribution in [3.8, 4) is 11.5 Å². The fraction of sp³-hybridized carbons (Fsp3) is 0.355. The van der Waals surface area contributed by atoms with Gasteiger partial charge in [0.2, 0.25) is 11.8 Å². The highest BCUT2D eigenvalue weighted by Crippen LogP contribution is 2.35. The maximum atomic E-state index is 14.1. The van der Waals surface area contributed by atoms with Crippen molar-refractivity contribution in [3.63, 3.8) is 0 Å². The lowest BCUT2D eigenvalue weighted by Crippen LogP contribution is -2.52. The number of hydrogen-bond acceptors (Lipinski definition) is 6. The normalized spacial score (nSPS) is 14.2. The highest BCUT2D eigenvalue weighted by molar-refractivity contribution is 7.92. The minimum Gasteiger partial charge on any atom is -0.497 e. The van der Waals surface area contributed by atoms with Gasteiger partial charge in [-0.15, -0.1) is 0 Å². The number of methoxy groups -OCH3 is 2. The first-order valence-corrected chi connectivity index (χ1v) is 15.6. The zero-order valence-corrected chi connectivity index (χ0v) is 25.5. The van der Waals surface area contributed by atoms with E-state index in [9.17, 15) is 18.0 Å². The van der Waals surface area contributed by atoms with Crippen molar-refractivity contribution in [3.05, 3.63) is 83.4 Å². The molecule has 0 bridgehead atoms. The summed E-state index contributed by atoms with van der Waals surface area (Å²) in [7, 11) is -1.28. The summed E-state index contributed by atoms with van der Waals surface area (Å²) < 4.78 is 39.7. The van der Waals surface area contributed by atoms with E-state index in [4.69, 9.17) is 21.1 Å². The average molecular weight is 614 g/mol. The van der Waals surface area contributed by atoms with Gasteiger partial charge in [-0.3, -0.25) is 13.9 Å². The van der Waals surface area contributed by atoms with Crippen LogP contribution in [0.4, 0.5) is 5.69 Å². The molecule has 1 unspecified atom stereocenters. The molecule has 1 aliphatic carbocycles. The molecular formula is C31H36ClN3O6S. The Morgan fingerprint density at radius 3 is 2.26 bits per heavy atom. The van der Waals surface area contributed by atoms with Crippen LogP contribution in [-0.2, 0) is 26.2 Å². The van der Waals surface area contributed by atoms with Crippen LogP contribution in [0.15, 0.2) is 77.7 Å². The molecule has 9 nitrogen and oxygen atoms in total. The molecule has 224 valence electrons. The lowest BCUT2D eigenvalue weighted by molar-refractivity contribution is -0.139. The maximum absolute atomic E-state index is 14.1. The van der Waals surface area contributed by atoms with Crippen molar-refractivity contribution in [1.82, 2.24) is 10.2 Å². The van der Waals surface area contributed by atoms with Crippen molar-refractivity contribution < 1.29 is 27.5 Å². The first-order valence-electron chi connectivity index (χ1n) is 13.8. The van der Waals surface area contributed by atoms with Crippen LogP contribution in [-0.4, -0.2) is 58.0 Å². The van der Waals surface area contributed by atoms with Crippen molar-refractivity contribution in [1.29, 1.82) is 0 Å². The van der Waals surface area contributed by atoms with E-state index in [2.05, 4.69) is 5.32 Å². The van der Waals surface area contributed by atoms with Crippen molar-refractivity contribution in [2.75, 3.05) is 25.1 Å². The second-order valence-electron chi connectivity index (χ2n) is 10.2. The fourth-order valence-corrected chi connectivity index (χ4v) is 6.60. The number of nitrogens with one attached hydrogen (secondary N) is 1. The van der Waals surface area contributed by atoms with Gasteiger partial charge in [-0.05, 0) is 67.8 Å². The number of sulfonamides is 1. The smallest absolute Gasteiger partial charge is 0.264 e. The van der Waals surface area contributed by atoms with Crippen LogP contribution < -0.4 is 19.1 Å². The van der Waals surface area contributed by atoms with E-state index in [1.54, 1.807) is 68.6 Å². The third kappa shape index (κ3) is 7.35. The second-order valence-corrected chi connectivity index (χ2v) is 12.5. The Morgan fingerprint density at radius 1 is 0.976 bits per heavy atom. The summed E-state index contributed by atoms with van der Waals surface area (Å²) in [5, 5.41) is 3.33. The maximum Gasteiger partial charge on any atom is 0.264 e. The summed E-state index contributed by atoms with van der Waals surface area (Å²) in [5.41, 5.74) is 0.858. The quantitative estimate of drug-likeness (QED) is 0.307. The molecule has 3 aromatic rings. The molecule has 42 heavy (non-hydrogen) atoms. The molecule has 1 saturated carbocycles. The van der Waals surface area contributed by atoms with Gasteiger partial charge >= 0.3 is 0 Å². The highest BCUT2D eigenvalue weighted by Gasteiger charge is 2.34. The van der Waals surface area contributed by atoms with Crippen LogP contribution in [0.3, 0.4) is 0 Å². The summed E-state index contributed by atoms with van der Waals surface area (Å²) in [6, 6.07) is 18.7. The first-order chi connectivity index (χ1) is 20.1. The van der Waals surface area contributed by atoms with Gasteiger partial charge in [-0.1, -0.05) is 54.8 Å². The Labute approximate surface area is 252 Å². The van der Waals surface area contributed by atoms with E-state index in [0.29, 0.717) is 5.75 Å². The van der Waals surface area contributed by atoms with Gasteiger partial charge in [0.05, 0.1) is 24.8 Å². The molecule has 1 atom stereocenters. The summed E-state index contributed by atoms with van der Waals surface area (Å²) in [6.07, 6.45) is 3.87. The van der Waals surface area contributed by atoms with E-state index in [0.717, 1.165) is 35.6 Å². The zero-order valence-electron chi connectivity index (χ0n) is 24.0. The lowest BCUT2D eigenvalue weighted by Gasteiger charge is -2.33. The second kappa shape index (κ2) is 13.9. The zero-order chi connectivity index (χ0) is 30.3. The van der Waals surface area contributed by atoms with Gasteiger partial charge in [0.25, 0.3) is 10.0 Å². The summed E-state index contributed by atoms with van der Waals surface area (Å²) in [5.74, 6) is 0.0141. The number of ether oxygens (including phenoxy) is 2. The topological polar surface area (TPSA) is 105 Å². The first kappa shape index (κ1) is 31.2. The number of benzene rings is 3. The van der Waals surface area contributed by atoms with Crippen molar-refractivity contribution >= 4 is 39.1 Å². The van der Waals surface area contributed by atoms with E-state index >= 15 is 0 Å². The van der Waals surface area contributed by atoms with E-state index in [1.165, 1.54) is 30.2 Å². The van der Waals surface area contributed by atoms with E-state index in [-0.39, 0.29) is 39.8 Å². The monoisotopic (exact) mass is 613 g/mol. The van der Waals surface area contributed by atoms with E-state index in [1.807, 2.05) is 0 Å². The summed E-state index contributed by atoms with van der Waals surface area (Å²) in [4.78, 5) is 28.9. The molecule has 4 rings (SSSR count). The molecule has 1 N–H and O–H groups in total. The lowest BCUT2D eigenvalue weighted by atomic mass is 10.1. The van der Waals surface area contributed by atoms with Crippen LogP contribution in [0.1, 0.15) is 38.2 Å². The minimum atomic E-state index is -4.25. The Bertz CT molecular complexity index is 1480. The number of rotatable bonds is 12. The van der Waals surface area contributed by atoms with Crippen LogP contribution >= 0.6 is 11.6 Å². The number of carbonyl (C=O) groups is 2. The molecule has 1 aliphatic rings. The van der Waals surface area contributed by atoms with Gasteiger partial charge < -0.3 is 19.7 Å². The van der Waals surface area contributed by atoms with Gasteiger partial charge in [0, 0.05) is 17.6 Å². The number of halogens is 1. The number of anilines is 1. The molecule has 3 aromatic carbocycles. The number of carbonyl (C=O) groups excluding carboxylic acids is 2. The number of hydrogen-bond donors (Lipinski definition) is 1. The van der Waals surface area contributed by atoms with Crippen LogP contribution in [0.25, 0.3) is 0 Å². The fourth-order valence-electron chi connectivity index (χ4n) is 4.99. The Hall–Kier alpha value is -3.76. The molecule has 2 amide bonds. The largest absolute Gasteiger partial charge is 0.497 e. The van der Waals surface area contributed by atoms with Gasteiger partial charge in [0.15, 0.2) is 0 Å². The predicted octanol–water partition coefficient (Wildman–Crippen LogP) is 5.03. The van der Waals surface area contributed by atoms with Crippen molar-refractivity contribution in [2.24, 2.45) is 0 Å². The molecule has 0 aromatic heterocycles. The van der Waals surface area contributed by atoms with Crippen LogP contribution in [0.5, 0.6) is 11.5 Å². The van der Waals surface area contributed by atoms with Gasteiger partial charge in [-0.25, -0.2) is 8.42 Å². The SMILES string of the molecule is COc1ccc(CN(C(=O)CN(c2cc(Cl)ccc2OC)S(=O)(=O)c2ccccc2)C(C)C(=O)NC2CCCC2)cc1. The molecular weight excluding hydrogens is 578 g/mol. The number of amides is 2. The van der Waals surface area contributed by atoms with Gasteiger partial charge in [-0.2, -0.15) is 0 Å². The van der Waals surface area contributed by atoms with E-state index < -0.39 is 28.5 Å². The molecule has 0 radical (unpaired) electrons. The average Bonchev–Trinajstić information content (AvgIpc) is 3.52. The third-order valence-electron chi connectivity index (χ3n) is 7.40. The molecule has 1 fully saturated rings. The molecule has 0 spiro atoms. The minimum absolute atomic E-state index is 0.00596. The third-order valence-corrected chi connectivity index (χ3v) is 9.41. The molecule has 0 heterocycles. The molecule has 11 heteroatoms. The molecule has 0 aliphatic heterocycles. The van der Waals surface area contributed by atoms with Gasteiger partial charge in [0.1, 0.15) is 24.1 Å². The highest BCUT2D eigenvalue weighted by atomic mass is 35.5. The predicted molar refractivity (Wildman–Crippen MR) is 162 cm³/mol. The summed E-state index contributed by atoms with van der Waals surface area (Å²) >= 11 is 6.28. The number of nitrogens with zero attached hydrogens (tertiary/aromatic N) is 2. The van der Waals surface area contributed by atoms with Crippen LogP contribution in [0.2, 0.25) is 5.02 Å². The molecule has 0 saturated heterocycles. The Kier molecular flexibility index (Phi) is 10.3. The Morgan fingerprint density at radius 2 is 1.64 bits per heavy atom.